The van der Waals surface area contributed by atoms with E-state index in [2.05, 4.69) is 22.3 Å². The molecule has 3 rings (SSSR count). The Bertz CT molecular complexity index is 635. The summed E-state index contributed by atoms with van der Waals surface area (Å²) in [5, 5.41) is 3.28. The van der Waals surface area contributed by atoms with Gasteiger partial charge in [-0.05, 0) is 44.0 Å². The average molecular weight is 322 g/mol. The third kappa shape index (κ3) is 4.24. The van der Waals surface area contributed by atoms with Crippen LogP contribution in [0.25, 0.3) is 0 Å². The average Bonchev–Trinajstić information content (AvgIpc) is 3.15. The van der Waals surface area contributed by atoms with Crippen LogP contribution in [0.1, 0.15) is 42.9 Å². The van der Waals surface area contributed by atoms with Gasteiger partial charge in [0.05, 0.1) is 12.0 Å². The van der Waals surface area contributed by atoms with Gasteiger partial charge >= 0.3 is 0 Å². The van der Waals surface area contributed by atoms with E-state index in [4.69, 9.17) is 0 Å². The van der Waals surface area contributed by atoms with Crippen LogP contribution in [0, 0.1) is 0 Å². The molecule has 1 aliphatic heterocycles. The van der Waals surface area contributed by atoms with Gasteiger partial charge in [-0.1, -0.05) is 60.7 Å². The lowest BCUT2D eigenvalue weighted by atomic mass is 9.99. The lowest BCUT2D eigenvalue weighted by Gasteiger charge is -2.26. The van der Waals surface area contributed by atoms with E-state index >= 15 is 0 Å². The van der Waals surface area contributed by atoms with Crippen molar-refractivity contribution in [2.45, 2.75) is 31.7 Å². The number of nitrogens with zero attached hydrogens (tertiary/aromatic N) is 1. The van der Waals surface area contributed by atoms with E-state index in [1.165, 1.54) is 18.4 Å². The molecule has 1 amide bonds. The summed E-state index contributed by atoms with van der Waals surface area (Å²) >= 11 is 0. The van der Waals surface area contributed by atoms with Gasteiger partial charge in [0.1, 0.15) is 0 Å². The predicted octanol–water partition coefficient (Wildman–Crippen LogP) is 3.74. The lowest BCUT2D eigenvalue weighted by Crippen LogP contribution is -2.38. The molecule has 24 heavy (non-hydrogen) atoms. The van der Waals surface area contributed by atoms with Crippen molar-refractivity contribution in [3.63, 3.8) is 0 Å². The number of hydrogen-bond donors (Lipinski definition) is 1. The van der Waals surface area contributed by atoms with Crippen LogP contribution in [0.4, 0.5) is 0 Å². The minimum atomic E-state index is -0.143. The summed E-state index contributed by atoms with van der Waals surface area (Å²) < 4.78 is 0. The Hall–Kier alpha value is -2.13. The quantitative estimate of drug-likeness (QED) is 0.878. The van der Waals surface area contributed by atoms with E-state index in [1.807, 2.05) is 55.5 Å². The highest BCUT2D eigenvalue weighted by atomic mass is 16.1. The van der Waals surface area contributed by atoms with E-state index in [9.17, 15) is 4.79 Å². The third-order valence-corrected chi connectivity index (χ3v) is 4.85. The van der Waals surface area contributed by atoms with Gasteiger partial charge in [0.2, 0.25) is 5.91 Å². The molecule has 0 bridgehead atoms. The lowest BCUT2D eigenvalue weighted by molar-refractivity contribution is -0.123. The van der Waals surface area contributed by atoms with Gasteiger partial charge in [-0.3, -0.25) is 4.79 Å². The van der Waals surface area contributed by atoms with Crippen molar-refractivity contribution in [3.05, 3.63) is 71.8 Å². The van der Waals surface area contributed by atoms with Gasteiger partial charge < -0.3 is 10.2 Å². The third-order valence-electron chi connectivity index (χ3n) is 4.85. The summed E-state index contributed by atoms with van der Waals surface area (Å²) in [5.41, 5.74) is 2.24. The molecule has 0 saturated carbocycles. The Kier molecular flexibility index (Phi) is 5.65. The van der Waals surface area contributed by atoms with Gasteiger partial charge in [-0.15, -0.1) is 0 Å². The second-order valence-electron chi connectivity index (χ2n) is 6.61. The molecular formula is C21H26N2O. The van der Waals surface area contributed by atoms with Crippen molar-refractivity contribution in [1.29, 1.82) is 0 Å². The van der Waals surface area contributed by atoms with Gasteiger partial charge in [0.25, 0.3) is 0 Å². The molecule has 0 radical (unpaired) electrons. The Morgan fingerprint density at radius 3 is 2.08 bits per heavy atom. The highest BCUT2D eigenvalue weighted by Gasteiger charge is 2.23. The van der Waals surface area contributed by atoms with E-state index in [0.717, 1.165) is 25.2 Å². The number of benzene rings is 2. The van der Waals surface area contributed by atoms with Crippen molar-refractivity contribution < 1.29 is 4.79 Å². The van der Waals surface area contributed by atoms with E-state index in [0.29, 0.717) is 0 Å². The molecule has 0 aromatic heterocycles. The zero-order chi connectivity index (χ0) is 16.8. The summed E-state index contributed by atoms with van der Waals surface area (Å²) in [7, 11) is 0. The molecule has 0 aliphatic carbocycles. The fraction of sp³-hybridized carbons (Fsp3) is 0.381. The van der Waals surface area contributed by atoms with E-state index in [-0.39, 0.29) is 17.9 Å². The number of carbonyl (C=O) groups excluding carboxylic acids is 1. The highest BCUT2D eigenvalue weighted by Crippen LogP contribution is 2.20. The van der Waals surface area contributed by atoms with Crippen molar-refractivity contribution in [2.75, 3.05) is 19.6 Å². The van der Waals surface area contributed by atoms with Crippen molar-refractivity contribution in [1.82, 2.24) is 10.2 Å². The van der Waals surface area contributed by atoms with Crippen LogP contribution in [0.5, 0.6) is 0 Å². The van der Waals surface area contributed by atoms with Gasteiger partial charge in [0.15, 0.2) is 0 Å². The minimum absolute atomic E-state index is 0.0444. The normalized spacial score (nSPS) is 17.4. The smallest absolute Gasteiger partial charge is 0.227 e. The number of likely N-dealkylation sites (tertiary alicyclic amines) is 1. The number of carbonyl (C=O) groups is 1. The van der Waals surface area contributed by atoms with Crippen LogP contribution in [0.3, 0.4) is 0 Å². The molecule has 126 valence electrons. The molecule has 0 spiro atoms. The molecule has 2 aromatic rings. The van der Waals surface area contributed by atoms with Crippen LogP contribution in [-0.2, 0) is 4.79 Å². The molecule has 1 aliphatic rings. The molecule has 1 heterocycles. The van der Waals surface area contributed by atoms with Crippen LogP contribution in [-0.4, -0.2) is 30.4 Å². The molecule has 2 unspecified atom stereocenters. The van der Waals surface area contributed by atoms with Crippen molar-refractivity contribution in [2.24, 2.45) is 0 Å². The van der Waals surface area contributed by atoms with Crippen LogP contribution < -0.4 is 5.32 Å². The fourth-order valence-corrected chi connectivity index (χ4v) is 3.33. The standard InChI is InChI=1S/C21H26N2O/c1-17(18-10-4-2-5-11-18)21(24)22-20(16-23-14-8-9-15-23)19-12-6-3-7-13-19/h2-7,10-13,17,20H,8-9,14-16H2,1H3,(H,22,24). The van der Waals surface area contributed by atoms with Gasteiger partial charge in [-0.2, -0.15) is 0 Å². The second kappa shape index (κ2) is 8.11. The van der Waals surface area contributed by atoms with E-state index in [1.54, 1.807) is 0 Å². The topological polar surface area (TPSA) is 32.3 Å². The molecule has 1 fully saturated rings. The maximum Gasteiger partial charge on any atom is 0.227 e. The number of rotatable bonds is 6. The molecular weight excluding hydrogens is 296 g/mol. The molecule has 3 nitrogen and oxygen atoms in total. The molecule has 1 N–H and O–H groups in total. The van der Waals surface area contributed by atoms with Crippen LogP contribution in [0.15, 0.2) is 60.7 Å². The first-order valence-electron chi connectivity index (χ1n) is 8.86. The summed E-state index contributed by atoms with van der Waals surface area (Å²) in [6, 6.07) is 20.3. The minimum Gasteiger partial charge on any atom is -0.347 e. The summed E-state index contributed by atoms with van der Waals surface area (Å²) in [6.45, 7) is 5.13. The monoisotopic (exact) mass is 322 g/mol. The Morgan fingerprint density at radius 2 is 1.50 bits per heavy atom. The van der Waals surface area contributed by atoms with Gasteiger partial charge in [-0.25, -0.2) is 0 Å². The van der Waals surface area contributed by atoms with Crippen molar-refractivity contribution >= 4 is 5.91 Å². The summed E-state index contributed by atoms with van der Waals surface area (Å²) in [5.74, 6) is -0.0507. The van der Waals surface area contributed by atoms with E-state index < -0.39 is 0 Å². The summed E-state index contributed by atoms with van der Waals surface area (Å²) in [6.07, 6.45) is 2.52. The van der Waals surface area contributed by atoms with Crippen LogP contribution >= 0.6 is 0 Å². The highest BCUT2D eigenvalue weighted by molar-refractivity contribution is 5.83. The number of amides is 1. The first-order chi connectivity index (χ1) is 11.7. The number of hydrogen-bond acceptors (Lipinski definition) is 2. The van der Waals surface area contributed by atoms with Gasteiger partial charge in [0, 0.05) is 6.54 Å². The largest absolute Gasteiger partial charge is 0.347 e. The Labute approximate surface area is 144 Å². The first-order valence-corrected chi connectivity index (χ1v) is 8.86. The Morgan fingerprint density at radius 1 is 0.958 bits per heavy atom. The van der Waals surface area contributed by atoms with Crippen molar-refractivity contribution in [3.8, 4) is 0 Å². The maximum atomic E-state index is 12.8. The molecule has 2 atom stereocenters. The SMILES string of the molecule is CC(C(=O)NC(CN1CCCC1)c1ccccc1)c1ccccc1. The maximum absolute atomic E-state index is 12.8. The zero-order valence-corrected chi connectivity index (χ0v) is 14.3. The molecule has 3 heteroatoms. The Balaban J connectivity index is 1.72. The first kappa shape index (κ1) is 16.7. The van der Waals surface area contributed by atoms with Crippen LogP contribution in [0.2, 0.25) is 0 Å². The molecule has 1 saturated heterocycles. The number of nitrogens with one attached hydrogen (secondary N) is 1. The fourth-order valence-electron chi connectivity index (χ4n) is 3.33. The summed E-state index contributed by atoms with van der Waals surface area (Å²) in [4.78, 5) is 15.2. The predicted molar refractivity (Wildman–Crippen MR) is 97.9 cm³/mol. The zero-order valence-electron chi connectivity index (χ0n) is 14.3. The second-order valence-corrected chi connectivity index (χ2v) is 6.61. The molecule has 2 aromatic carbocycles.